The molecule has 82 valence electrons. The van der Waals surface area contributed by atoms with E-state index >= 15 is 0 Å². The molecule has 0 fully saturated rings. The van der Waals surface area contributed by atoms with Gasteiger partial charge in [0.05, 0.1) is 14.2 Å². The van der Waals surface area contributed by atoms with Crippen LogP contribution in [0.15, 0.2) is 23.2 Å². The molecule has 0 N–H and O–H groups in total. The van der Waals surface area contributed by atoms with Crippen molar-refractivity contribution in [3.05, 3.63) is 18.2 Å². The molecule has 1 aromatic carbocycles. The SMILES string of the molecule is CCCC=Nc1cc(OC)ccc1OC. The fraction of sp³-hybridized carbons (Fsp3) is 0.417. The van der Waals surface area contributed by atoms with Crippen molar-refractivity contribution in [3.8, 4) is 11.5 Å². The predicted octanol–water partition coefficient (Wildman–Crippen LogP) is 3.21. The zero-order valence-corrected chi connectivity index (χ0v) is 9.49. The predicted molar refractivity (Wildman–Crippen MR) is 62.6 cm³/mol. The summed E-state index contributed by atoms with van der Waals surface area (Å²) in [5.74, 6) is 1.56. The van der Waals surface area contributed by atoms with Crippen molar-refractivity contribution in [1.29, 1.82) is 0 Å². The van der Waals surface area contributed by atoms with Crippen molar-refractivity contribution >= 4 is 11.9 Å². The first-order valence-electron chi connectivity index (χ1n) is 5.06. The molecule has 3 heteroatoms. The minimum Gasteiger partial charge on any atom is -0.497 e. The van der Waals surface area contributed by atoms with Gasteiger partial charge in [0, 0.05) is 12.3 Å². The van der Waals surface area contributed by atoms with E-state index in [1.165, 1.54) is 0 Å². The van der Waals surface area contributed by atoms with Crippen LogP contribution in [0, 0.1) is 0 Å². The zero-order chi connectivity index (χ0) is 11.1. The maximum atomic E-state index is 5.21. The van der Waals surface area contributed by atoms with Crippen LogP contribution in [0.3, 0.4) is 0 Å². The summed E-state index contributed by atoms with van der Waals surface area (Å²) in [7, 11) is 3.28. The molecule has 0 aliphatic rings. The second-order valence-corrected chi connectivity index (χ2v) is 3.14. The van der Waals surface area contributed by atoms with Crippen LogP contribution in [0.2, 0.25) is 0 Å². The summed E-state index contributed by atoms with van der Waals surface area (Å²) in [6, 6.07) is 5.58. The Labute approximate surface area is 90.7 Å². The van der Waals surface area contributed by atoms with Gasteiger partial charge >= 0.3 is 0 Å². The van der Waals surface area contributed by atoms with Crippen molar-refractivity contribution < 1.29 is 9.47 Å². The van der Waals surface area contributed by atoms with Crippen molar-refractivity contribution in [2.24, 2.45) is 4.99 Å². The lowest BCUT2D eigenvalue weighted by molar-refractivity contribution is 0.404. The Bertz CT molecular complexity index is 334. The normalized spacial score (nSPS) is 10.6. The molecule has 0 aromatic heterocycles. The topological polar surface area (TPSA) is 30.8 Å². The van der Waals surface area contributed by atoms with E-state index in [9.17, 15) is 0 Å². The standard InChI is InChI=1S/C12H17NO2/c1-4-5-8-13-11-9-10(14-2)6-7-12(11)15-3/h6-9H,4-5H2,1-3H3. The Balaban J connectivity index is 2.90. The van der Waals surface area contributed by atoms with E-state index in [1.54, 1.807) is 14.2 Å². The highest BCUT2D eigenvalue weighted by Gasteiger charge is 2.02. The summed E-state index contributed by atoms with van der Waals surface area (Å²) in [4.78, 5) is 4.35. The van der Waals surface area contributed by atoms with Crippen molar-refractivity contribution in [2.45, 2.75) is 19.8 Å². The number of rotatable bonds is 5. The van der Waals surface area contributed by atoms with Crippen LogP contribution in [-0.2, 0) is 0 Å². The number of methoxy groups -OCH3 is 2. The van der Waals surface area contributed by atoms with Crippen LogP contribution in [0.4, 0.5) is 5.69 Å². The van der Waals surface area contributed by atoms with Gasteiger partial charge in [0.2, 0.25) is 0 Å². The smallest absolute Gasteiger partial charge is 0.144 e. The first-order valence-corrected chi connectivity index (χ1v) is 5.06. The number of ether oxygens (including phenoxy) is 2. The Kier molecular flexibility index (Phi) is 4.68. The fourth-order valence-electron chi connectivity index (χ4n) is 1.19. The van der Waals surface area contributed by atoms with Crippen LogP contribution >= 0.6 is 0 Å². The second kappa shape index (κ2) is 6.06. The van der Waals surface area contributed by atoms with Gasteiger partial charge in [-0.05, 0) is 18.6 Å². The third kappa shape index (κ3) is 3.27. The number of hydrogen-bond acceptors (Lipinski definition) is 3. The molecule has 0 aliphatic heterocycles. The molecular weight excluding hydrogens is 190 g/mol. The largest absolute Gasteiger partial charge is 0.497 e. The highest BCUT2D eigenvalue weighted by molar-refractivity contribution is 5.67. The maximum Gasteiger partial charge on any atom is 0.144 e. The van der Waals surface area contributed by atoms with Crippen molar-refractivity contribution in [3.63, 3.8) is 0 Å². The quantitative estimate of drug-likeness (QED) is 0.694. The number of benzene rings is 1. The Morgan fingerprint density at radius 1 is 1.27 bits per heavy atom. The molecule has 0 radical (unpaired) electrons. The number of unbranched alkanes of at least 4 members (excludes halogenated alkanes) is 1. The molecule has 3 nitrogen and oxygen atoms in total. The van der Waals surface area contributed by atoms with E-state index in [4.69, 9.17) is 9.47 Å². The number of hydrogen-bond donors (Lipinski definition) is 0. The molecule has 0 heterocycles. The Hall–Kier alpha value is -1.51. The summed E-state index contributed by atoms with van der Waals surface area (Å²) in [6.45, 7) is 2.12. The summed E-state index contributed by atoms with van der Waals surface area (Å²) >= 11 is 0. The zero-order valence-electron chi connectivity index (χ0n) is 9.49. The monoisotopic (exact) mass is 207 g/mol. The lowest BCUT2D eigenvalue weighted by atomic mass is 10.2. The molecule has 0 saturated heterocycles. The van der Waals surface area contributed by atoms with Gasteiger partial charge in [-0.25, -0.2) is 0 Å². The van der Waals surface area contributed by atoms with E-state index in [0.29, 0.717) is 0 Å². The molecule has 0 spiro atoms. The third-order valence-corrected chi connectivity index (χ3v) is 2.03. The van der Waals surface area contributed by atoms with Gasteiger partial charge in [-0.15, -0.1) is 0 Å². The average molecular weight is 207 g/mol. The molecule has 1 rings (SSSR count). The summed E-state index contributed by atoms with van der Waals surface area (Å²) in [5, 5.41) is 0. The summed E-state index contributed by atoms with van der Waals surface area (Å²) in [5.41, 5.74) is 0.810. The Morgan fingerprint density at radius 3 is 2.67 bits per heavy atom. The lowest BCUT2D eigenvalue weighted by Crippen LogP contribution is -1.86. The van der Waals surface area contributed by atoms with Gasteiger partial charge in [-0.1, -0.05) is 13.3 Å². The third-order valence-electron chi connectivity index (χ3n) is 2.03. The van der Waals surface area contributed by atoms with Crippen LogP contribution in [0.5, 0.6) is 11.5 Å². The summed E-state index contributed by atoms with van der Waals surface area (Å²) in [6.07, 6.45) is 3.97. The second-order valence-electron chi connectivity index (χ2n) is 3.14. The molecule has 0 bridgehead atoms. The fourth-order valence-corrected chi connectivity index (χ4v) is 1.19. The van der Waals surface area contributed by atoms with E-state index in [1.807, 2.05) is 24.4 Å². The van der Waals surface area contributed by atoms with Gasteiger partial charge in [-0.2, -0.15) is 0 Å². The molecule has 1 aromatic rings. The van der Waals surface area contributed by atoms with E-state index in [2.05, 4.69) is 11.9 Å². The van der Waals surface area contributed by atoms with E-state index in [-0.39, 0.29) is 0 Å². The molecule has 0 aliphatic carbocycles. The van der Waals surface area contributed by atoms with Crippen molar-refractivity contribution in [2.75, 3.05) is 14.2 Å². The first-order chi connectivity index (χ1) is 7.31. The molecule has 0 saturated carbocycles. The molecule has 0 amide bonds. The average Bonchev–Trinajstić information content (AvgIpc) is 2.29. The minimum atomic E-state index is 0.767. The highest BCUT2D eigenvalue weighted by Crippen LogP contribution is 2.31. The number of aliphatic imine (C=N–C) groups is 1. The van der Waals surface area contributed by atoms with Gasteiger partial charge in [0.15, 0.2) is 0 Å². The Morgan fingerprint density at radius 2 is 2.07 bits per heavy atom. The molecule has 0 unspecified atom stereocenters. The van der Waals surface area contributed by atoms with E-state index < -0.39 is 0 Å². The van der Waals surface area contributed by atoms with Gasteiger partial charge < -0.3 is 9.47 Å². The molecule has 15 heavy (non-hydrogen) atoms. The lowest BCUT2D eigenvalue weighted by Gasteiger charge is -2.06. The highest BCUT2D eigenvalue weighted by atomic mass is 16.5. The molecular formula is C12H17NO2. The van der Waals surface area contributed by atoms with E-state index in [0.717, 1.165) is 30.0 Å². The van der Waals surface area contributed by atoms with Crippen LogP contribution in [-0.4, -0.2) is 20.4 Å². The van der Waals surface area contributed by atoms with Gasteiger partial charge in [0.25, 0.3) is 0 Å². The van der Waals surface area contributed by atoms with Crippen LogP contribution in [0.1, 0.15) is 19.8 Å². The number of nitrogens with zero attached hydrogens (tertiary/aromatic N) is 1. The van der Waals surface area contributed by atoms with Crippen molar-refractivity contribution in [1.82, 2.24) is 0 Å². The van der Waals surface area contributed by atoms with Gasteiger partial charge in [-0.3, -0.25) is 4.99 Å². The van der Waals surface area contributed by atoms with Crippen LogP contribution < -0.4 is 9.47 Å². The van der Waals surface area contributed by atoms with Gasteiger partial charge in [0.1, 0.15) is 17.2 Å². The first kappa shape index (κ1) is 11.6. The molecule has 0 atom stereocenters. The summed E-state index contributed by atoms with van der Waals surface area (Å²) < 4.78 is 10.3. The minimum absolute atomic E-state index is 0.767. The van der Waals surface area contributed by atoms with Crippen LogP contribution in [0.25, 0.3) is 0 Å². The maximum absolute atomic E-state index is 5.21.